The Morgan fingerprint density at radius 2 is 2.53 bits per heavy atom. The van der Waals surface area contributed by atoms with Gasteiger partial charge in [-0.05, 0) is 26.4 Å². The Kier molecular flexibility index (Phi) is 3.75. The van der Waals surface area contributed by atoms with Crippen molar-refractivity contribution in [3.63, 3.8) is 0 Å². The van der Waals surface area contributed by atoms with Crippen LogP contribution in [0, 0.1) is 0 Å². The Morgan fingerprint density at radius 1 is 1.60 bits per heavy atom. The summed E-state index contributed by atoms with van der Waals surface area (Å²) in [5, 5.41) is 3.52. The van der Waals surface area contributed by atoms with Crippen molar-refractivity contribution >= 4 is 0 Å². The number of likely N-dealkylation sites (N-methyl/N-ethyl adjacent to an activating group) is 1. The van der Waals surface area contributed by atoms with Crippen LogP contribution in [-0.2, 0) is 6.54 Å². The van der Waals surface area contributed by atoms with Crippen molar-refractivity contribution in [3.05, 3.63) is 18.7 Å². The SMILES string of the molecule is CN(CCn1ccnc1)CC1CCCN1. The molecule has 0 bridgehead atoms. The summed E-state index contributed by atoms with van der Waals surface area (Å²) in [7, 11) is 2.19. The van der Waals surface area contributed by atoms with Crippen molar-refractivity contribution in [1.29, 1.82) is 0 Å². The molecule has 1 atom stereocenters. The predicted molar refractivity (Wildman–Crippen MR) is 60.7 cm³/mol. The second-order valence-corrected chi connectivity index (χ2v) is 4.36. The van der Waals surface area contributed by atoms with Crippen LogP contribution >= 0.6 is 0 Å². The molecule has 1 fully saturated rings. The van der Waals surface area contributed by atoms with Gasteiger partial charge < -0.3 is 14.8 Å². The van der Waals surface area contributed by atoms with E-state index in [4.69, 9.17) is 0 Å². The maximum Gasteiger partial charge on any atom is 0.0946 e. The highest BCUT2D eigenvalue weighted by Crippen LogP contribution is 2.05. The third-order valence-corrected chi connectivity index (χ3v) is 2.99. The van der Waals surface area contributed by atoms with Crippen LogP contribution in [0.4, 0.5) is 0 Å². The van der Waals surface area contributed by atoms with Gasteiger partial charge >= 0.3 is 0 Å². The number of hydrogen-bond acceptors (Lipinski definition) is 3. The molecule has 84 valence electrons. The van der Waals surface area contributed by atoms with Gasteiger partial charge in [-0.1, -0.05) is 0 Å². The van der Waals surface area contributed by atoms with Gasteiger partial charge in [0.15, 0.2) is 0 Å². The van der Waals surface area contributed by atoms with E-state index in [0.717, 1.165) is 19.6 Å². The fraction of sp³-hybridized carbons (Fsp3) is 0.727. The molecule has 4 heteroatoms. The first-order valence-electron chi connectivity index (χ1n) is 5.72. The summed E-state index contributed by atoms with van der Waals surface area (Å²) in [5.41, 5.74) is 0. The third kappa shape index (κ3) is 3.32. The molecular weight excluding hydrogens is 188 g/mol. The predicted octanol–water partition coefficient (Wildman–Crippen LogP) is 0.567. The number of imidazole rings is 1. The normalized spacial score (nSPS) is 21.3. The average Bonchev–Trinajstić information content (AvgIpc) is 2.86. The summed E-state index contributed by atoms with van der Waals surface area (Å²) >= 11 is 0. The topological polar surface area (TPSA) is 33.1 Å². The monoisotopic (exact) mass is 208 g/mol. The molecule has 15 heavy (non-hydrogen) atoms. The molecule has 0 aliphatic carbocycles. The van der Waals surface area contributed by atoms with Gasteiger partial charge in [-0.3, -0.25) is 0 Å². The maximum absolute atomic E-state index is 4.04. The summed E-state index contributed by atoms with van der Waals surface area (Å²) in [6.45, 7) is 4.48. The molecule has 1 N–H and O–H groups in total. The van der Waals surface area contributed by atoms with Gasteiger partial charge in [-0.25, -0.2) is 4.98 Å². The summed E-state index contributed by atoms with van der Waals surface area (Å²) in [6, 6.07) is 0.706. The Bertz CT molecular complexity index is 264. The summed E-state index contributed by atoms with van der Waals surface area (Å²) < 4.78 is 2.12. The minimum Gasteiger partial charge on any atom is -0.336 e. The molecule has 1 aliphatic heterocycles. The number of aromatic nitrogens is 2. The van der Waals surface area contributed by atoms with E-state index in [9.17, 15) is 0 Å². The van der Waals surface area contributed by atoms with E-state index >= 15 is 0 Å². The lowest BCUT2D eigenvalue weighted by atomic mass is 10.2. The van der Waals surface area contributed by atoms with Crippen LogP contribution in [0.5, 0.6) is 0 Å². The van der Waals surface area contributed by atoms with Crippen molar-refractivity contribution in [2.45, 2.75) is 25.4 Å². The van der Waals surface area contributed by atoms with E-state index in [2.05, 4.69) is 26.8 Å². The van der Waals surface area contributed by atoms with Crippen LogP contribution in [0.25, 0.3) is 0 Å². The molecule has 1 unspecified atom stereocenters. The number of rotatable bonds is 5. The minimum atomic E-state index is 0.706. The van der Waals surface area contributed by atoms with E-state index in [1.165, 1.54) is 19.4 Å². The van der Waals surface area contributed by atoms with Crippen molar-refractivity contribution in [2.24, 2.45) is 0 Å². The van der Waals surface area contributed by atoms with Crippen LogP contribution in [0.2, 0.25) is 0 Å². The smallest absolute Gasteiger partial charge is 0.0946 e. The zero-order chi connectivity index (χ0) is 10.5. The van der Waals surface area contributed by atoms with Crippen molar-refractivity contribution in [1.82, 2.24) is 19.8 Å². The largest absolute Gasteiger partial charge is 0.336 e. The lowest BCUT2D eigenvalue weighted by Gasteiger charge is -2.21. The summed E-state index contributed by atoms with van der Waals surface area (Å²) in [4.78, 5) is 6.43. The van der Waals surface area contributed by atoms with Gasteiger partial charge in [0.2, 0.25) is 0 Å². The van der Waals surface area contributed by atoms with E-state index < -0.39 is 0 Å². The van der Waals surface area contributed by atoms with Gasteiger partial charge in [0.1, 0.15) is 0 Å². The molecule has 2 heterocycles. The zero-order valence-corrected chi connectivity index (χ0v) is 9.39. The molecule has 0 aromatic carbocycles. The Hall–Kier alpha value is -0.870. The number of hydrogen-bond donors (Lipinski definition) is 1. The molecule has 2 rings (SSSR count). The number of nitrogens with zero attached hydrogens (tertiary/aromatic N) is 3. The first-order chi connectivity index (χ1) is 7.34. The number of nitrogens with one attached hydrogen (secondary N) is 1. The maximum atomic E-state index is 4.04. The Morgan fingerprint density at radius 3 is 3.20 bits per heavy atom. The molecule has 0 spiro atoms. The Labute approximate surface area is 91.3 Å². The lowest BCUT2D eigenvalue weighted by molar-refractivity contribution is 0.288. The highest BCUT2D eigenvalue weighted by Gasteiger charge is 2.15. The van der Waals surface area contributed by atoms with Gasteiger partial charge in [0, 0.05) is 38.1 Å². The first kappa shape index (κ1) is 10.6. The zero-order valence-electron chi connectivity index (χ0n) is 9.39. The fourth-order valence-electron chi connectivity index (χ4n) is 2.09. The first-order valence-corrected chi connectivity index (χ1v) is 5.72. The standard InChI is InChI=1S/C11H20N4/c1-14(9-11-3-2-4-13-11)7-8-15-6-5-12-10-15/h5-6,10-11,13H,2-4,7-9H2,1H3. The van der Waals surface area contributed by atoms with E-state index in [1.54, 1.807) is 0 Å². The van der Waals surface area contributed by atoms with Crippen LogP contribution in [0.1, 0.15) is 12.8 Å². The average molecular weight is 208 g/mol. The highest BCUT2D eigenvalue weighted by atomic mass is 15.2. The molecule has 0 saturated carbocycles. The van der Waals surface area contributed by atoms with Gasteiger partial charge in [0.25, 0.3) is 0 Å². The van der Waals surface area contributed by atoms with E-state index in [0.29, 0.717) is 6.04 Å². The van der Waals surface area contributed by atoms with Crippen LogP contribution < -0.4 is 5.32 Å². The van der Waals surface area contributed by atoms with Crippen LogP contribution in [-0.4, -0.2) is 47.2 Å². The molecule has 1 saturated heterocycles. The molecular formula is C11H20N4. The van der Waals surface area contributed by atoms with Gasteiger partial charge in [0.05, 0.1) is 6.33 Å². The summed E-state index contributed by atoms with van der Waals surface area (Å²) in [6.07, 6.45) is 8.39. The Balaban J connectivity index is 1.66. The lowest BCUT2D eigenvalue weighted by Crippen LogP contribution is -2.36. The second kappa shape index (κ2) is 5.28. The van der Waals surface area contributed by atoms with Gasteiger partial charge in [-0.15, -0.1) is 0 Å². The molecule has 1 aromatic heterocycles. The van der Waals surface area contributed by atoms with Crippen molar-refractivity contribution in [3.8, 4) is 0 Å². The fourth-order valence-corrected chi connectivity index (χ4v) is 2.09. The minimum absolute atomic E-state index is 0.706. The van der Waals surface area contributed by atoms with E-state index in [-0.39, 0.29) is 0 Å². The van der Waals surface area contributed by atoms with E-state index in [1.807, 2.05) is 18.7 Å². The molecule has 0 amide bonds. The third-order valence-electron chi connectivity index (χ3n) is 2.99. The summed E-state index contributed by atoms with van der Waals surface area (Å²) in [5.74, 6) is 0. The molecule has 1 aliphatic rings. The van der Waals surface area contributed by atoms with Crippen LogP contribution in [0.3, 0.4) is 0 Å². The second-order valence-electron chi connectivity index (χ2n) is 4.36. The highest BCUT2D eigenvalue weighted by molar-refractivity contribution is 4.78. The molecule has 1 aromatic rings. The van der Waals surface area contributed by atoms with Crippen molar-refractivity contribution < 1.29 is 0 Å². The van der Waals surface area contributed by atoms with Gasteiger partial charge in [-0.2, -0.15) is 0 Å². The van der Waals surface area contributed by atoms with Crippen molar-refractivity contribution in [2.75, 3.05) is 26.7 Å². The quantitative estimate of drug-likeness (QED) is 0.768. The molecule has 4 nitrogen and oxygen atoms in total. The molecule has 0 radical (unpaired) electrons. The van der Waals surface area contributed by atoms with Crippen LogP contribution in [0.15, 0.2) is 18.7 Å².